The molecule has 0 atom stereocenters. The molecule has 4 rings (SSSR count). The Bertz CT molecular complexity index is 1080. The highest BCUT2D eigenvalue weighted by Gasteiger charge is 2.10. The molecule has 0 radical (unpaired) electrons. The third kappa shape index (κ3) is 3.83. The molecule has 0 aliphatic heterocycles. The van der Waals surface area contributed by atoms with Crippen LogP contribution in [-0.2, 0) is 0 Å². The standard InChI is InChI=1S/C21H17N5O2/c1-15(24-17-7-9-18(10-8-17)26-14-22-13-23-26)19-11-12-20(28-19)25-21(27)16-5-3-2-4-6-16/h2-14,24H,1H2,(H,25,27). The van der Waals surface area contributed by atoms with Gasteiger partial charge in [0.1, 0.15) is 12.7 Å². The minimum atomic E-state index is -0.233. The Balaban J connectivity index is 1.40. The van der Waals surface area contributed by atoms with E-state index in [1.165, 1.54) is 6.33 Å². The average molecular weight is 371 g/mol. The lowest BCUT2D eigenvalue weighted by Crippen LogP contribution is -2.10. The van der Waals surface area contributed by atoms with Crippen LogP contribution in [0, 0.1) is 0 Å². The molecule has 138 valence electrons. The fraction of sp³-hybridized carbons (Fsp3) is 0. The molecule has 0 spiro atoms. The van der Waals surface area contributed by atoms with Gasteiger partial charge in [0.2, 0.25) is 5.88 Å². The Hall–Kier alpha value is -4.13. The first-order valence-corrected chi connectivity index (χ1v) is 8.57. The number of amides is 1. The Labute approximate surface area is 161 Å². The van der Waals surface area contributed by atoms with Gasteiger partial charge in [-0.3, -0.25) is 10.1 Å². The summed E-state index contributed by atoms with van der Waals surface area (Å²) in [7, 11) is 0. The van der Waals surface area contributed by atoms with E-state index in [9.17, 15) is 4.79 Å². The summed E-state index contributed by atoms with van der Waals surface area (Å²) >= 11 is 0. The summed E-state index contributed by atoms with van der Waals surface area (Å²) in [5, 5.41) is 10.0. The van der Waals surface area contributed by atoms with Crippen LogP contribution in [0.5, 0.6) is 0 Å². The molecule has 7 nitrogen and oxygen atoms in total. The Morgan fingerprint density at radius 2 is 1.75 bits per heavy atom. The number of nitrogens with zero attached hydrogens (tertiary/aromatic N) is 3. The van der Waals surface area contributed by atoms with Gasteiger partial charge in [0.05, 0.1) is 11.4 Å². The van der Waals surface area contributed by atoms with Gasteiger partial charge in [0, 0.05) is 17.3 Å². The van der Waals surface area contributed by atoms with E-state index < -0.39 is 0 Å². The van der Waals surface area contributed by atoms with Crippen LogP contribution in [-0.4, -0.2) is 20.7 Å². The van der Waals surface area contributed by atoms with Crippen molar-refractivity contribution in [1.82, 2.24) is 14.8 Å². The molecule has 0 unspecified atom stereocenters. The van der Waals surface area contributed by atoms with E-state index in [1.54, 1.807) is 35.3 Å². The fourth-order valence-corrected chi connectivity index (χ4v) is 2.62. The summed E-state index contributed by atoms with van der Waals surface area (Å²) in [4.78, 5) is 16.1. The van der Waals surface area contributed by atoms with Crippen molar-refractivity contribution >= 4 is 23.2 Å². The quantitative estimate of drug-likeness (QED) is 0.531. The largest absolute Gasteiger partial charge is 0.439 e. The second kappa shape index (κ2) is 7.63. The van der Waals surface area contributed by atoms with Gasteiger partial charge in [-0.25, -0.2) is 9.67 Å². The third-order valence-electron chi connectivity index (χ3n) is 4.02. The molecule has 0 fully saturated rings. The normalized spacial score (nSPS) is 10.4. The van der Waals surface area contributed by atoms with Gasteiger partial charge < -0.3 is 9.73 Å². The van der Waals surface area contributed by atoms with Crippen LogP contribution in [0.25, 0.3) is 11.4 Å². The van der Waals surface area contributed by atoms with E-state index in [0.29, 0.717) is 22.9 Å². The van der Waals surface area contributed by atoms with Gasteiger partial charge in [-0.15, -0.1) is 0 Å². The number of carbonyl (C=O) groups excluding carboxylic acids is 1. The lowest BCUT2D eigenvalue weighted by Gasteiger charge is -2.08. The van der Waals surface area contributed by atoms with E-state index in [0.717, 1.165) is 11.4 Å². The molecule has 0 bridgehead atoms. The average Bonchev–Trinajstić information content (AvgIpc) is 3.41. The lowest BCUT2D eigenvalue weighted by molar-refractivity contribution is 0.102. The molecular weight excluding hydrogens is 354 g/mol. The molecule has 2 aromatic carbocycles. The van der Waals surface area contributed by atoms with Crippen molar-refractivity contribution in [2.45, 2.75) is 0 Å². The van der Waals surface area contributed by atoms with Gasteiger partial charge in [-0.1, -0.05) is 24.8 Å². The summed E-state index contributed by atoms with van der Waals surface area (Å²) in [6, 6.07) is 20.0. The molecule has 2 N–H and O–H groups in total. The van der Waals surface area contributed by atoms with Crippen LogP contribution in [0.15, 0.2) is 90.4 Å². The minimum Gasteiger partial charge on any atom is -0.439 e. The monoisotopic (exact) mass is 371 g/mol. The van der Waals surface area contributed by atoms with Crippen LogP contribution in [0.3, 0.4) is 0 Å². The zero-order valence-electron chi connectivity index (χ0n) is 14.9. The smallest absolute Gasteiger partial charge is 0.257 e. The molecular formula is C21H17N5O2. The maximum atomic E-state index is 12.2. The number of hydrogen-bond donors (Lipinski definition) is 2. The highest BCUT2D eigenvalue weighted by molar-refractivity contribution is 6.03. The summed E-state index contributed by atoms with van der Waals surface area (Å²) in [5.74, 6) is 0.654. The second-order valence-electron chi connectivity index (χ2n) is 5.97. The molecule has 0 aliphatic rings. The molecule has 0 saturated heterocycles. The molecule has 0 saturated carbocycles. The number of nitrogens with one attached hydrogen (secondary N) is 2. The molecule has 2 heterocycles. The van der Waals surface area contributed by atoms with Gasteiger partial charge in [-0.2, -0.15) is 5.10 Å². The molecule has 2 aromatic heterocycles. The SMILES string of the molecule is C=C(Nc1ccc(-n2cncn2)cc1)c1ccc(NC(=O)c2ccccc2)o1. The lowest BCUT2D eigenvalue weighted by atomic mass is 10.2. The number of furan rings is 1. The summed E-state index contributed by atoms with van der Waals surface area (Å²) in [6.07, 6.45) is 3.12. The van der Waals surface area contributed by atoms with Crippen LogP contribution in [0.1, 0.15) is 16.1 Å². The van der Waals surface area contributed by atoms with Crippen LogP contribution >= 0.6 is 0 Å². The van der Waals surface area contributed by atoms with Gasteiger partial charge in [0.15, 0.2) is 5.76 Å². The summed E-state index contributed by atoms with van der Waals surface area (Å²) in [6.45, 7) is 4.00. The maximum absolute atomic E-state index is 12.2. The van der Waals surface area contributed by atoms with Crippen LogP contribution in [0.4, 0.5) is 11.6 Å². The van der Waals surface area contributed by atoms with E-state index in [1.807, 2.05) is 42.5 Å². The molecule has 28 heavy (non-hydrogen) atoms. The van der Waals surface area contributed by atoms with Crippen molar-refractivity contribution in [2.75, 3.05) is 10.6 Å². The highest BCUT2D eigenvalue weighted by Crippen LogP contribution is 2.23. The molecule has 1 amide bonds. The van der Waals surface area contributed by atoms with Crippen molar-refractivity contribution in [3.8, 4) is 5.69 Å². The fourth-order valence-electron chi connectivity index (χ4n) is 2.62. The van der Waals surface area contributed by atoms with Gasteiger partial charge >= 0.3 is 0 Å². The number of hydrogen-bond acceptors (Lipinski definition) is 5. The first kappa shape index (κ1) is 17.3. The van der Waals surface area contributed by atoms with E-state index in [4.69, 9.17) is 4.42 Å². The van der Waals surface area contributed by atoms with Crippen molar-refractivity contribution in [3.05, 3.63) is 97.3 Å². The number of aromatic nitrogens is 3. The second-order valence-corrected chi connectivity index (χ2v) is 5.97. The first-order chi connectivity index (χ1) is 13.7. The predicted octanol–water partition coefficient (Wildman–Crippen LogP) is 4.20. The summed E-state index contributed by atoms with van der Waals surface area (Å²) < 4.78 is 7.35. The number of anilines is 2. The maximum Gasteiger partial charge on any atom is 0.257 e. The predicted molar refractivity (Wildman–Crippen MR) is 107 cm³/mol. The van der Waals surface area contributed by atoms with Crippen LogP contribution in [0.2, 0.25) is 0 Å². The van der Waals surface area contributed by atoms with Gasteiger partial charge in [-0.05, 0) is 42.5 Å². The summed E-state index contributed by atoms with van der Waals surface area (Å²) in [5.41, 5.74) is 2.89. The zero-order valence-corrected chi connectivity index (χ0v) is 14.9. The molecule has 4 aromatic rings. The van der Waals surface area contributed by atoms with Crippen molar-refractivity contribution < 1.29 is 9.21 Å². The first-order valence-electron chi connectivity index (χ1n) is 8.57. The number of rotatable bonds is 6. The third-order valence-corrected chi connectivity index (χ3v) is 4.02. The van der Waals surface area contributed by atoms with Crippen LogP contribution < -0.4 is 10.6 Å². The molecule has 0 aliphatic carbocycles. The number of benzene rings is 2. The van der Waals surface area contributed by atoms with Crippen molar-refractivity contribution in [1.29, 1.82) is 0 Å². The van der Waals surface area contributed by atoms with Crippen molar-refractivity contribution in [2.24, 2.45) is 0 Å². The topological polar surface area (TPSA) is 85.0 Å². The Kier molecular flexibility index (Phi) is 4.71. The highest BCUT2D eigenvalue weighted by atomic mass is 16.4. The zero-order chi connectivity index (χ0) is 19.3. The minimum absolute atomic E-state index is 0.233. The van der Waals surface area contributed by atoms with E-state index in [2.05, 4.69) is 27.3 Å². The number of carbonyl (C=O) groups is 1. The van der Waals surface area contributed by atoms with Crippen molar-refractivity contribution in [3.63, 3.8) is 0 Å². The Morgan fingerprint density at radius 1 is 0.964 bits per heavy atom. The van der Waals surface area contributed by atoms with Gasteiger partial charge in [0.25, 0.3) is 5.91 Å². The van der Waals surface area contributed by atoms with E-state index >= 15 is 0 Å². The van der Waals surface area contributed by atoms with E-state index in [-0.39, 0.29) is 5.91 Å². The molecule has 7 heteroatoms. The Morgan fingerprint density at radius 3 is 2.46 bits per heavy atom.